The Labute approximate surface area is 141 Å². The Morgan fingerprint density at radius 1 is 1.12 bits per heavy atom. The molecule has 0 bridgehead atoms. The highest BCUT2D eigenvalue weighted by Crippen LogP contribution is 2.32. The lowest BCUT2D eigenvalue weighted by Crippen LogP contribution is -2.25. The second-order valence-corrected chi connectivity index (χ2v) is 6.24. The Balaban J connectivity index is 1.87. The van der Waals surface area contributed by atoms with E-state index in [4.69, 9.17) is 0 Å². The van der Waals surface area contributed by atoms with Crippen LogP contribution >= 0.6 is 0 Å². The zero-order chi connectivity index (χ0) is 17.6. The van der Waals surface area contributed by atoms with Crippen molar-refractivity contribution in [2.24, 2.45) is 5.92 Å². The summed E-state index contributed by atoms with van der Waals surface area (Å²) in [7, 11) is 0. The van der Waals surface area contributed by atoms with E-state index in [9.17, 15) is 18.0 Å². The van der Waals surface area contributed by atoms with E-state index >= 15 is 0 Å². The van der Waals surface area contributed by atoms with Gasteiger partial charge in [0.1, 0.15) is 11.2 Å². The van der Waals surface area contributed by atoms with Crippen LogP contribution in [0, 0.1) is 5.92 Å². The van der Waals surface area contributed by atoms with Crippen LogP contribution in [0.1, 0.15) is 18.4 Å². The van der Waals surface area contributed by atoms with Gasteiger partial charge in [0.05, 0.1) is 5.56 Å². The average Bonchev–Trinajstić information content (AvgIpc) is 3.41. The zero-order valence-electron chi connectivity index (χ0n) is 13.1. The molecule has 0 amide bonds. The molecule has 2 aromatic heterocycles. The summed E-state index contributed by atoms with van der Waals surface area (Å²) in [6.45, 7) is 0.558. The molecule has 1 fully saturated rings. The molecule has 0 atom stereocenters. The summed E-state index contributed by atoms with van der Waals surface area (Å²) in [6.07, 6.45) is -0.673. The van der Waals surface area contributed by atoms with Crippen LogP contribution in [0.15, 0.2) is 47.4 Å². The molecule has 2 heterocycles. The second kappa shape index (κ2) is 5.68. The van der Waals surface area contributed by atoms with Crippen LogP contribution in [0.25, 0.3) is 22.4 Å². The SMILES string of the molecule is O=c1c(-c2ccc(C(F)(F)F)cc2)nc2cccnc2n1CC1CC1. The van der Waals surface area contributed by atoms with Gasteiger partial charge in [-0.05, 0) is 43.0 Å². The Morgan fingerprint density at radius 2 is 1.84 bits per heavy atom. The van der Waals surface area contributed by atoms with E-state index in [-0.39, 0.29) is 11.3 Å². The van der Waals surface area contributed by atoms with E-state index in [0.717, 1.165) is 25.0 Å². The van der Waals surface area contributed by atoms with Crippen LogP contribution in [-0.2, 0) is 12.7 Å². The van der Waals surface area contributed by atoms with Crippen molar-refractivity contribution < 1.29 is 13.2 Å². The number of pyridine rings is 1. The van der Waals surface area contributed by atoms with Crippen molar-refractivity contribution in [2.75, 3.05) is 0 Å². The Bertz CT molecular complexity index is 989. The van der Waals surface area contributed by atoms with Gasteiger partial charge in [0.2, 0.25) is 0 Å². The summed E-state index contributed by atoms with van der Waals surface area (Å²) < 4.78 is 39.8. The third-order valence-electron chi connectivity index (χ3n) is 4.33. The van der Waals surface area contributed by atoms with Crippen molar-refractivity contribution in [3.63, 3.8) is 0 Å². The topological polar surface area (TPSA) is 47.8 Å². The third-order valence-corrected chi connectivity index (χ3v) is 4.33. The quantitative estimate of drug-likeness (QED) is 0.724. The van der Waals surface area contributed by atoms with Gasteiger partial charge in [-0.25, -0.2) is 9.97 Å². The first kappa shape index (κ1) is 15.8. The number of benzene rings is 1. The summed E-state index contributed by atoms with van der Waals surface area (Å²) in [5.41, 5.74) is 0.505. The van der Waals surface area contributed by atoms with Crippen LogP contribution in [0.5, 0.6) is 0 Å². The highest BCUT2D eigenvalue weighted by atomic mass is 19.4. The van der Waals surface area contributed by atoms with Crippen molar-refractivity contribution in [1.82, 2.24) is 14.5 Å². The van der Waals surface area contributed by atoms with E-state index in [0.29, 0.717) is 29.2 Å². The minimum Gasteiger partial charge on any atom is -0.289 e. The largest absolute Gasteiger partial charge is 0.416 e. The number of hydrogen-bond acceptors (Lipinski definition) is 3. The molecule has 4 rings (SSSR count). The highest BCUT2D eigenvalue weighted by Gasteiger charge is 2.30. The van der Waals surface area contributed by atoms with Gasteiger partial charge in [-0.1, -0.05) is 12.1 Å². The fourth-order valence-electron chi connectivity index (χ4n) is 2.81. The number of rotatable bonds is 3. The van der Waals surface area contributed by atoms with Crippen molar-refractivity contribution in [2.45, 2.75) is 25.6 Å². The van der Waals surface area contributed by atoms with Crippen LogP contribution < -0.4 is 5.56 Å². The molecule has 0 aliphatic heterocycles. The maximum atomic E-state index is 12.9. The van der Waals surface area contributed by atoms with Crippen LogP contribution in [0.4, 0.5) is 13.2 Å². The molecule has 1 saturated carbocycles. The Morgan fingerprint density at radius 3 is 2.48 bits per heavy atom. The lowest BCUT2D eigenvalue weighted by Gasteiger charge is -2.12. The summed E-state index contributed by atoms with van der Waals surface area (Å²) in [5.74, 6) is 0.450. The maximum absolute atomic E-state index is 12.9. The standard InChI is InChI=1S/C18H14F3N3O/c19-18(20,21)13-7-5-12(6-8-13)15-17(25)24(10-11-3-4-11)16-14(23-15)2-1-9-22-16/h1-2,5-9,11H,3-4,10H2. The predicted octanol–water partition coefficient (Wildman–Crippen LogP) is 3.89. The maximum Gasteiger partial charge on any atom is 0.416 e. The average molecular weight is 345 g/mol. The van der Waals surface area contributed by atoms with Gasteiger partial charge in [0.25, 0.3) is 5.56 Å². The zero-order valence-corrected chi connectivity index (χ0v) is 13.1. The van der Waals surface area contributed by atoms with E-state index in [2.05, 4.69) is 9.97 Å². The number of nitrogens with zero attached hydrogens (tertiary/aromatic N) is 3. The molecule has 1 aromatic carbocycles. The molecule has 0 saturated heterocycles. The summed E-state index contributed by atoms with van der Waals surface area (Å²) in [4.78, 5) is 21.5. The normalized spacial score (nSPS) is 14.8. The highest BCUT2D eigenvalue weighted by molar-refractivity contribution is 5.74. The van der Waals surface area contributed by atoms with Gasteiger partial charge in [-0.15, -0.1) is 0 Å². The summed E-state index contributed by atoms with van der Waals surface area (Å²) in [6, 6.07) is 7.98. The van der Waals surface area contributed by atoms with E-state index in [1.165, 1.54) is 12.1 Å². The number of hydrogen-bond donors (Lipinski definition) is 0. The molecular weight excluding hydrogens is 331 g/mol. The molecule has 25 heavy (non-hydrogen) atoms. The lowest BCUT2D eigenvalue weighted by molar-refractivity contribution is -0.137. The van der Waals surface area contributed by atoms with Gasteiger partial charge >= 0.3 is 6.18 Å². The van der Waals surface area contributed by atoms with Crippen LogP contribution in [0.2, 0.25) is 0 Å². The van der Waals surface area contributed by atoms with Gasteiger partial charge in [0, 0.05) is 18.3 Å². The monoisotopic (exact) mass is 345 g/mol. The van der Waals surface area contributed by atoms with Gasteiger partial charge in [-0.3, -0.25) is 9.36 Å². The van der Waals surface area contributed by atoms with E-state index in [1.807, 2.05) is 0 Å². The van der Waals surface area contributed by atoms with Gasteiger partial charge in [-0.2, -0.15) is 13.2 Å². The lowest BCUT2D eigenvalue weighted by atomic mass is 10.1. The first-order valence-electron chi connectivity index (χ1n) is 7.96. The molecule has 3 aromatic rings. The van der Waals surface area contributed by atoms with Crippen molar-refractivity contribution in [3.8, 4) is 11.3 Å². The summed E-state index contributed by atoms with van der Waals surface area (Å²) >= 11 is 0. The number of halogens is 3. The van der Waals surface area contributed by atoms with E-state index < -0.39 is 11.7 Å². The molecule has 0 N–H and O–H groups in total. The van der Waals surface area contributed by atoms with Crippen LogP contribution in [0.3, 0.4) is 0 Å². The summed E-state index contributed by atoms with van der Waals surface area (Å²) in [5, 5.41) is 0. The minimum atomic E-state index is -4.41. The predicted molar refractivity (Wildman–Crippen MR) is 87.0 cm³/mol. The second-order valence-electron chi connectivity index (χ2n) is 6.24. The van der Waals surface area contributed by atoms with E-state index in [1.54, 1.807) is 22.9 Å². The molecule has 7 heteroatoms. The minimum absolute atomic E-state index is 0.148. The fraction of sp³-hybridized carbons (Fsp3) is 0.278. The Kier molecular flexibility index (Phi) is 3.59. The van der Waals surface area contributed by atoms with Gasteiger partial charge in [0.15, 0.2) is 5.65 Å². The molecule has 0 unspecified atom stereocenters. The van der Waals surface area contributed by atoms with Crippen LogP contribution in [-0.4, -0.2) is 14.5 Å². The molecule has 1 aliphatic carbocycles. The number of fused-ring (bicyclic) bond motifs is 1. The smallest absolute Gasteiger partial charge is 0.289 e. The van der Waals surface area contributed by atoms with Crippen molar-refractivity contribution in [1.29, 1.82) is 0 Å². The third kappa shape index (κ3) is 3.01. The molecule has 128 valence electrons. The number of aromatic nitrogens is 3. The first-order valence-corrected chi connectivity index (χ1v) is 7.96. The Hall–Kier alpha value is -2.70. The number of alkyl halides is 3. The molecule has 4 nitrogen and oxygen atoms in total. The van der Waals surface area contributed by atoms with Crippen molar-refractivity contribution >= 4 is 11.2 Å². The first-order chi connectivity index (χ1) is 11.9. The van der Waals surface area contributed by atoms with Gasteiger partial charge < -0.3 is 0 Å². The molecule has 0 radical (unpaired) electrons. The molecule has 0 spiro atoms. The van der Waals surface area contributed by atoms with Crippen molar-refractivity contribution in [3.05, 3.63) is 58.5 Å². The molecule has 1 aliphatic rings. The molecular formula is C18H14F3N3O. The fourth-order valence-corrected chi connectivity index (χ4v) is 2.81.